The predicted octanol–water partition coefficient (Wildman–Crippen LogP) is 2.55. The van der Waals surface area contributed by atoms with Gasteiger partial charge in [-0.3, -0.25) is 0 Å². The van der Waals surface area contributed by atoms with Crippen LogP contribution in [-0.2, 0) is 0 Å². The van der Waals surface area contributed by atoms with Crippen LogP contribution in [0.15, 0.2) is 0 Å². The molecule has 0 rings (SSSR count). The van der Waals surface area contributed by atoms with Crippen molar-refractivity contribution in [2.45, 2.75) is 39.9 Å². The lowest BCUT2D eigenvalue weighted by molar-refractivity contribution is 0.444. The summed E-state index contributed by atoms with van der Waals surface area (Å²) in [5.74, 6) is 0. The Morgan fingerprint density at radius 3 is 1.70 bits per heavy atom. The number of hydrogen-bond donors (Lipinski definition) is 0. The fraction of sp³-hybridized carbons (Fsp3) is 1.00. The third kappa shape index (κ3) is 3.37. The zero-order chi connectivity index (χ0) is 8.20. The van der Waals surface area contributed by atoms with Crippen molar-refractivity contribution in [1.29, 1.82) is 0 Å². The molecule has 0 aromatic rings. The Balaban J connectivity index is 3.81. The Morgan fingerprint density at radius 1 is 1.10 bits per heavy atom. The van der Waals surface area contributed by atoms with Crippen molar-refractivity contribution in [3.63, 3.8) is 0 Å². The molecule has 0 bridgehead atoms. The van der Waals surface area contributed by atoms with E-state index in [2.05, 4.69) is 38.1 Å². The molecule has 0 saturated carbocycles. The first-order valence-electron chi connectivity index (χ1n) is 4.27. The molecular weight excluding hydrogens is 138 g/mol. The second-order valence-electron chi connectivity index (χ2n) is 3.75. The third-order valence-electron chi connectivity index (χ3n) is 1.82. The highest BCUT2D eigenvalue weighted by molar-refractivity contribution is 6.73. The van der Waals surface area contributed by atoms with E-state index >= 15 is 0 Å². The molecule has 0 saturated heterocycles. The number of hydrogen-bond acceptors (Lipinski definition) is 1. The zero-order valence-electron chi connectivity index (χ0n) is 8.07. The van der Waals surface area contributed by atoms with Gasteiger partial charge in [-0.25, -0.2) is 0 Å². The molecule has 0 aliphatic heterocycles. The molecule has 0 aliphatic carbocycles. The van der Waals surface area contributed by atoms with Crippen LogP contribution < -0.4 is 0 Å². The first kappa shape index (κ1) is 10.2. The van der Waals surface area contributed by atoms with Gasteiger partial charge >= 0.3 is 0 Å². The summed E-state index contributed by atoms with van der Waals surface area (Å²) in [6.07, 6.45) is 1.29. The van der Waals surface area contributed by atoms with Gasteiger partial charge in [0, 0.05) is 0 Å². The summed E-state index contributed by atoms with van der Waals surface area (Å²) in [4.78, 5) is 0. The fourth-order valence-electron chi connectivity index (χ4n) is 1.24. The largest absolute Gasteiger partial charge is 0.324 e. The van der Waals surface area contributed by atoms with Crippen LogP contribution in [0.3, 0.4) is 0 Å². The number of rotatable bonds is 4. The standard InChI is InChI=1S/C8H21NSi/c1-6-8-9(7-2)10(3,4)5/h6-8H2,1-5H3. The van der Waals surface area contributed by atoms with E-state index in [1.807, 2.05) is 0 Å². The van der Waals surface area contributed by atoms with Gasteiger partial charge in [0.15, 0.2) is 0 Å². The van der Waals surface area contributed by atoms with Crippen molar-refractivity contribution < 1.29 is 0 Å². The van der Waals surface area contributed by atoms with Crippen LogP contribution in [0.2, 0.25) is 19.6 Å². The van der Waals surface area contributed by atoms with Crippen LogP contribution in [0.1, 0.15) is 20.3 Å². The monoisotopic (exact) mass is 159 g/mol. The van der Waals surface area contributed by atoms with Gasteiger partial charge in [0.2, 0.25) is 0 Å². The van der Waals surface area contributed by atoms with E-state index in [4.69, 9.17) is 0 Å². The first-order valence-corrected chi connectivity index (χ1v) is 7.72. The molecule has 0 amide bonds. The molecule has 1 nitrogen and oxygen atoms in total. The maximum Gasteiger partial charge on any atom is 0.119 e. The average Bonchev–Trinajstić information content (AvgIpc) is 1.80. The van der Waals surface area contributed by atoms with Gasteiger partial charge in [0.1, 0.15) is 8.24 Å². The lowest BCUT2D eigenvalue weighted by atomic mass is 10.5. The van der Waals surface area contributed by atoms with Crippen molar-refractivity contribution in [1.82, 2.24) is 4.57 Å². The quantitative estimate of drug-likeness (QED) is 0.570. The normalized spacial score (nSPS) is 12.6. The van der Waals surface area contributed by atoms with Crippen molar-refractivity contribution in [2.24, 2.45) is 0 Å². The molecule has 0 aliphatic rings. The highest BCUT2D eigenvalue weighted by Gasteiger charge is 2.20. The third-order valence-corrected chi connectivity index (χ3v) is 4.26. The molecule has 0 N–H and O–H groups in total. The Hall–Kier alpha value is 0.177. The minimum atomic E-state index is -0.974. The molecule has 0 radical (unpaired) electrons. The van der Waals surface area contributed by atoms with Crippen LogP contribution in [0.25, 0.3) is 0 Å². The Labute approximate surface area is 66.5 Å². The maximum absolute atomic E-state index is 2.63. The SMILES string of the molecule is CCCN(CC)[Si](C)(C)C. The summed E-state index contributed by atoms with van der Waals surface area (Å²) in [7, 11) is -0.974. The van der Waals surface area contributed by atoms with E-state index in [0.717, 1.165) is 0 Å². The molecule has 62 valence electrons. The average molecular weight is 159 g/mol. The van der Waals surface area contributed by atoms with Gasteiger partial charge in [-0.1, -0.05) is 33.5 Å². The van der Waals surface area contributed by atoms with Crippen molar-refractivity contribution in [3.8, 4) is 0 Å². The molecule has 0 unspecified atom stereocenters. The van der Waals surface area contributed by atoms with Crippen LogP contribution in [0.4, 0.5) is 0 Å². The first-order chi connectivity index (χ1) is 4.52. The topological polar surface area (TPSA) is 3.24 Å². The smallest absolute Gasteiger partial charge is 0.119 e. The van der Waals surface area contributed by atoms with Gasteiger partial charge in [0.25, 0.3) is 0 Å². The van der Waals surface area contributed by atoms with E-state index in [1.165, 1.54) is 19.5 Å². The predicted molar refractivity (Wildman–Crippen MR) is 50.9 cm³/mol. The molecule has 0 aromatic heterocycles. The van der Waals surface area contributed by atoms with E-state index in [1.54, 1.807) is 0 Å². The Kier molecular flexibility index (Phi) is 4.21. The summed E-state index contributed by atoms with van der Waals surface area (Å²) in [5, 5.41) is 0. The summed E-state index contributed by atoms with van der Waals surface area (Å²) in [6.45, 7) is 14.2. The zero-order valence-corrected chi connectivity index (χ0v) is 9.07. The van der Waals surface area contributed by atoms with Gasteiger partial charge < -0.3 is 4.57 Å². The van der Waals surface area contributed by atoms with Crippen LogP contribution in [0, 0.1) is 0 Å². The minimum absolute atomic E-state index is 0.974. The van der Waals surface area contributed by atoms with Gasteiger partial charge in [-0.2, -0.15) is 0 Å². The lowest BCUT2D eigenvalue weighted by Crippen LogP contribution is -2.46. The van der Waals surface area contributed by atoms with E-state index < -0.39 is 8.24 Å². The summed E-state index contributed by atoms with van der Waals surface area (Å²) in [5.41, 5.74) is 0. The molecule has 0 spiro atoms. The Bertz CT molecular complexity index is 85.7. The van der Waals surface area contributed by atoms with Crippen LogP contribution in [0.5, 0.6) is 0 Å². The molecule has 0 heterocycles. The van der Waals surface area contributed by atoms with Gasteiger partial charge in [0.05, 0.1) is 0 Å². The lowest BCUT2D eigenvalue weighted by Gasteiger charge is -2.32. The van der Waals surface area contributed by atoms with Gasteiger partial charge in [-0.05, 0) is 19.5 Å². The van der Waals surface area contributed by atoms with E-state index in [9.17, 15) is 0 Å². The molecule has 0 atom stereocenters. The molecule has 10 heavy (non-hydrogen) atoms. The maximum atomic E-state index is 2.63. The van der Waals surface area contributed by atoms with Gasteiger partial charge in [-0.15, -0.1) is 0 Å². The molecular formula is C8H21NSi. The molecule has 0 fully saturated rings. The summed E-state index contributed by atoms with van der Waals surface area (Å²) in [6, 6.07) is 0. The van der Waals surface area contributed by atoms with Crippen molar-refractivity contribution >= 4 is 8.24 Å². The van der Waals surface area contributed by atoms with Crippen molar-refractivity contribution in [2.75, 3.05) is 13.1 Å². The highest BCUT2D eigenvalue weighted by atomic mass is 28.3. The van der Waals surface area contributed by atoms with E-state index in [0.29, 0.717) is 0 Å². The minimum Gasteiger partial charge on any atom is -0.324 e. The summed E-state index contributed by atoms with van der Waals surface area (Å²) < 4.78 is 2.63. The second-order valence-corrected chi connectivity index (χ2v) is 8.72. The van der Waals surface area contributed by atoms with Crippen molar-refractivity contribution in [3.05, 3.63) is 0 Å². The Morgan fingerprint density at radius 2 is 1.60 bits per heavy atom. The van der Waals surface area contributed by atoms with Crippen LogP contribution in [-0.4, -0.2) is 25.9 Å². The van der Waals surface area contributed by atoms with E-state index in [-0.39, 0.29) is 0 Å². The second kappa shape index (κ2) is 4.14. The highest BCUT2D eigenvalue weighted by Crippen LogP contribution is 2.08. The molecule has 0 aromatic carbocycles. The van der Waals surface area contributed by atoms with Crippen LogP contribution >= 0.6 is 0 Å². The molecule has 2 heteroatoms. The fourth-order valence-corrected chi connectivity index (χ4v) is 3.08. The number of nitrogens with zero attached hydrogens (tertiary/aromatic N) is 1. The summed E-state index contributed by atoms with van der Waals surface area (Å²) >= 11 is 0.